The van der Waals surface area contributed by atoms with Gasteiger partial charge in [-0.2, -0.15) is 0 Å². The van der Waals surface area contributed by atoms with E-state index in [0.29, 0.717) is 6.54 Å². The number of halogens is 2. The zero-order valence-corrected chi connectivity index (χ0v) is 7.89. The summed E-state index contributed by atoms with van der Waals surface area (Å²) in [6, 6.07) is 4.06. The van der Waals surface area contributed by atoms with E-state index >= 15 is 0 Å². The molecule has 0 spiro atoms. The van der Waals surface area contributed by atoms with Gasteiger partial charge in [0.25, 0.3) is 0 Å². The van der Waals surface area contributed by atoms with Gasteiger partial charge in [-0.05, 0) is 31.5 Å². The average molecular weight is 197 g/mol. The molecule has 1 N–H and O–H groups in total. The van der Waals surface area contributed by atoms with Crippen molar-refractivity contribution in [1.82, 2.24) is 5.32 Å². The van der Waals surface area contributed by atoms with E-state index < -0.39 is 11.6 Å². The predicted molar refractivity (Wildman–Crippen MR) is 51.2 cm³/mol. The fourth-order valence-corrected chi connectivity index (χ4v) is 2.00. The summed E-state index contributed by atoms with van der Waals surface area (Å²) < 4.78 is 26.7. The highest BCUT2D eigenvalue weighted by atomic mass is 19.1. The maximum Gasteiger partial charge on any atom is 0.129 e. The third-order valence-corrected chi connectivity index (χ3v) is 2.70. The van der Waals surface area contributed by atoms with E-state index in [1.807, 2.05) is 0 Å². The molecule has 2 rings (SSSR count). The van der Waals surface area contributed by atoms with Gasteiger partial charge in [0.2, 0.25) is 0 Å². The van der Waals surface area contributed by atoms with Crippen LogP contribution in [0.2, 0.25) is 0 Å². The fourth-order valence-electron chi connectivity index (χ4n) is 2.00. The molecule has 0 unspecified atom stereocenters. The predicted octanol–water partition coefficient (Wildman–Crippen LogP) is 2.43. The minimum absolute atomic E-state index is 0.00931. The molecule has 1 aliphatic heterocycles. The first-order valence-electron chi connectivity index (χ1n) is 4.93. The average Bonchev–Trinajstić information content (AvgIpc) is 2.19. The van der Waals surface area contributed by atoms with Gasteiger partial charge < -0.3 is 5.32 Å². The van der Waals surface area contributed by atoms with Crippen LogP contribution >= 0.6 is 0 Å². The van der Waals surface area contributed by atoms with Crippen molar-refractivity contribution in [2.24, 2.45) is 0 Å². The summed E-state index contributed by atoms with van der Waals surface area (Å²) in [4.78, 5) is 0. The summed E-state index contributed by atoms with van der Waals surface area (Å²) in [5, 5.41) is 3.15. The Kier molecular flexibility index (Phi) is 2.77. The molecule has 1 aromatic carbocycles. The van der Waals surface area contributed by atoms with Gasteiger partial charge in [0.15, 0.2) is 0 Å². The third-order valence-electron chi connectivity index (χ3n) is 2.70. The lowest BCUT2D eigenvalue weighted by Gasteiger charge is -2.23. The maximum absolute atomic E-state index is 13.4. The highest BCUT2D eigenvalue weighted by Crippen LogP contribution is 2.27. The van der Waals surface area contributed by atoms with Crippen molar-refractivity contribution in [1.29, 1.82) is 0 Å². The standard InChI is InChI=1S/C11H13F2N/c12-9-4-1-5-10(13)11(9)8-3-2-6-14-7-8/h1,4-5,8,14H,2-3,6-7H2/t8-/m1/s1. The Bertz CT molecular complexity index is 299. The van der Waals surface area contributed by atoms with Gasteiger partial charge >= 0.3 is 0 Å². The van der Waals surface area contributed by atoms with Crippen LogP contribution in [0, 0.1) is 11.6 Å². The quantitative estimate of drug-likeness (QED) is 0.729. The van der Waals surface area contributed by atoms with Crippen molar-refractivity contribution >= 4 is 0 Å². The highest BCUT2D eigenvalue weighted by molar-refractivity contribution is 5.24. The van der Waals surface area contributed by atoms with Crippen LogP contribution in [-0.4, -0.2) is 13.1 Å². The van der Waals surface area contributed by atoms with Crippen molar-refractivity contribution in [2.75, 3.05) is 13.1 Å². The van der Waals surface area contributed by atoms with Gasteiger partial charge in [-0.3, -0.25) is 0 Å². The van der Waals surface area contributed by atoms with Gasteiger partial charge in [0, 0.05) is 18.0 Å². The Morgan fingerprint density at radius 3 is 2.50 bits per heavy atom. The van der Waals surface area contributed by atoms with Crippen molar-refractivity contribution in [3.8, 4) is 0 Å². The van der Waals surface area contributed by atoms with Gasteiger partial charge in [0.1, 0.15) is 11.6 Å². The molecule has 14 heavy (non-hydrogen) atoms. The van der Waals surface area contributed by atoms with Gasteiger partial charge in [-0.15, -0.1) is 0 Å². The van der Waals surface area contributed by atoms with Crippen LogP contribution in [0.3, 0.4) is 0 Å². The lowest BCUT2D eigenvalue weighted by Crippen LogP contribution is -2.29. The largest absolute Gasteiger partial charge is 0.316 e. The number of hydrogen-bond acceptors (Lipinski definition) is 1. The second-order valence-corrected chi connectivity index (χ2v) is 3.68. The first-order valence-corrected chi connectivity index (χ1v) is 4.93. The molecule has 1 fully saturated rings. The number of nitrogens with one attached hydrogen (secondary N) is 1. The molecular formula is C11H13F2N. The smallest absolute Gasteiger partial charge is 0.129 e. The minimum Gasteiger partial charge on any atom is -0.316 e. The van der Waals surface area contributed by atoms with E-state index in [2.05, 4.69) is 5.32 Å². The van der Waals surface area contributed by atoms with Crippen LogP contribution < -0.4 is 5.32 Å². The lowest BCUT2D eigenvalue weighted by molar-refractivity contribution is 0.428. The minimum atomic E-state index is -0.418. The third kappa shape index (κ3) is 1.77. The Morgan fingerprint density at radius 1 is 1.21 bits per heavy atom. The lowest BCUT2D eigenvalue weighted by atomic mass is 9.91. The van der Waals surface area contributed by atoms with Crippen LogP contribution in [0.25, 0.3) is 0 Å². The number of piperidine rings is 1. The van der Waals surface area contributed by atoms with E-state index in [4.69, 9.17) is 0 Å². The fraction of sp³-hybridized carbons (Fsp3) is 0.455. The van der Waals surface area contributed by atoms with Gasteiger partial charge in [-0.25, -0.2) is 8.78 Å². The molecule has 0 aliphatic carbocycles. The number of hydrogen-bond donors (Lipinski definition) is 1. The van der Waals surface area contributed by atoms with E-state index in [0.717, 1.165) is 19.4 Å². The monoisotopic (exact) mass is 197 g/mol. The maximum atomic E-state index is 13.4. The summed E-state index contributed by atoms with van der Waals surface area (Å²) in [5.74, 6) is -0.845. The molecule has 1 saturated heterocycles. The van der Waals surface area contributed by atoms with Crippen molar-refractivity contribution in [3.05, 3.63) is 35.4 Å². The highest BCUT2D eigenvalue weighted by Gasteiger charge is 2.21. The van der Waals surface area contributed by atoms with Crippen LogP contribution in [0.15, 0.2) is 18.2 Å². The summed E-state index contributed by atoms with van der Waals surface area (Å²) in [6.45, 7) is 1.63. The molecule has 1 nitrogen and oxygen atoms in total. The normalized spacial score (nSPS) is 22.3. The van der Waals surface area contributed by atoms with Crippen molar-refractivity contribution in [2.45, 2.75) is 18.8 Å². The molecule has 1 heterocycles. The summed E-state index contributed by atoms with van der Waals surface area (Å²) in [6.07, 6.45) is 1.85. The zero-order chi connectivity index (χ0) is 9.97. The molecule has 76 valence electrons. The molecule has 0 saturated carbocycles. The number of benzene rings is 1. The molecular weight excluding hydrogens is 184 g/mol. The topological polar surface area (TPSA) is 12.0 Å². The van der Waals surface area contributed by atoms with E-state index in [9.17, 15) is 8.78 Å². The van der Waals surface area contributed by atoms with E-state index in [1.165, 1.54) is 18.2 Å². The van der Waals surface area contributed by atoms with Gasteiger partial charge in [-0.1, -0.05) is 6.07 Å². The van der Waals surface area contributed by atoms with Crippen LogP contribution in [-0.2, 0) is 0 Å². The summed E-state index contributed by atoms with van der Waals surface area (Å²) >= 11 is 0. The SMILES string of the molecule is Fc1cccc(F)c1[C@@H]1CCCNC1. The summed E-state index contributed by atoms with van der Waals surface area (Å²) in [7, 11) is 0. The van der Waals surface area contributed by atoms with Crippen molar-refractivity contribution in [3.63, 3.8) is 0 Å². The first kappa shape index (κ1) is 9.59. The molecule has 1 aliphatic rings. The molecule has 0 radical (unpaired) electrons. The molecule has 0 amide bonds. The molecule has 0 aromatic heterocycles. The van der Waals surface area contributed by atoms with Crippen molar-refractivity contribution < 1.29 is 8.78 Å². The molecule has 1 atom stereocenters. The van der Waals surface area contributed by atoms with Crippen LogP contribution in [0.4, 0.5) is 8.78 Å². The number of rotatable bonds is 1. The first-order chi connectivity index (χ1) is 6.79. The Labute approximate surface area is 82.1 Å². The Balaban J connectivity index is 2.29. The zero-order valence-electron chi connectivity index (χ0n) is 7.89. The summed E-state index contributed by atoms with van der Waals surface area (Å²) in [5.41, 5.74) is 0.250. The van der Waals surface area contributed by atoms with Gasteiger partial charge in [0.05, 0.1) is 0 Å². The Morgan fingerprint density at radius 2 is 1.93 bits per heavy atom. The molecule has 0 bridgehead atoms. The van der Waals surface area contributed by atoms with Crippen LogP contribution in [0.5, 0.6) is 0 Å². The van der Waals surface area contributed by atoms with E-state index in [1.54, 1.807) is 0 Å². The van der Waals surface area contributed by atoms with E-state index in [-0.39, 0.29) is 11.5 Å². The molecule has 3 heteroatoms. The second kappa shape index (κ2) is 4.05. The molecule has 1 aromatic rings. The second-order valence-electron chi connectivity index (χ2n) is 3.68. The Hall–Kier alpha value is -0.960. The van der Waals surface area contributed by atoms with Crippen LogP contribution in [0.1, 0.15) is 24.3 Å².